The molecular formula is C13H23N3O3. The molecule has 19 heavy (non-hydrogen) atoms. The van der Waals surface area contributed by atoms with Gasteiger partial charge in [-0.1, -0.05) is 6.42 Å². The highest BCUT2D eigenvalue weighted by molar-refractivity contribution is 5.87. The maximum atomic E-state index is 12.0. The van der Waals surface area contributed by atoms with Crippen molar-refractivity contribution < 1.29 is 14.3 Å². The molecular weight excluding hydrogens is 246 g/mol. The van der Waals surface area contributed by atoms with Crippen LogP contribution in [0.2, 0.25) is 0 Å². The van der Waals surface area contributed by atoms with Gasteiger partial charge in [-0.25, -0.2) is 0 Å². The summed E-state index contributed by atoms with van der Waals surface area (Å²) in [6, 6.07) is -0.348. The maximum absolute atomic E-state index is 12.0. The van der Waals surface area contributed by atoms with E-state index < -0.39 is 0 Å². The van der Waals surface area contributed by atoms with Crippen molar-refractivity contribution in [2.24, 2.45) is 0 Å². The lowest BCUT2D eigenvalue weighted by Crippen LogP contribution is -2.48. The van der Waals surface area contributed by atoms with Gasteiger partial charge in [0.1, 0.15) is 6.04 Å². The number of carbonyl (C=O) groups excluding carboxylic acids is 2. The van der Waals surface area contributed by atoms with Crippen LogP contribution in [0.4, 0.5) is 0 Å². The summed E-state index contributed by atoms with van der Waals surface area (Å²) < 4.78 is 5.27. The quantitative estimate of drug-likeness (QED) is 0.721. The fourth-order valence-electron chi connectivity index (χ4n) is 2.45. The topological polar surface area (TPSA) is 70.7 Å². The van der Waals surface area contributed by atoms with E-state index in [0.717, 1.165) is 52.1 Å². The van der Waals surface area contributed by atoms with Crippen molar-refractivity contribution in [2.75, 3.05) is 39.4 Å². The fraction of sp³-hybridized carbons (Fsp3) is 0.846. The van der Waals surface area contributed by atoms with Gasteiger partial charge < -0.3 is 15.4 Å². The third-order valence-electron chi connectivity index (χ3n) is 3.63. The van der Waals surface area contributed by atoms with Crippen molar-refractivity contribution in [3.63, 3.8) is 0 Å². The smallest absolute Gasteiger partial charge is 0.242 e. The van der Waals surface area contributed by atoms with E-state index >= 15 is 0 Å². The molecule has 0 aromatic carbocycles. The van der Waals surface area contributed by atoms with Crippen LogP contribution in [0.15, 0.2) is 0 Å². The first-order chi connectivity index (χ1) is 9.25. The van der Waals surface area contributed by atoms with Crippen LogP contribution in [0, 0.1) is 0 Å². The third kappa shape index (κ3) is 4.80. The molecule has 2 N–H and O–H groups in total. The molecule has 2 saturated heterocycles. The minimum absolute atomic E-state index is 0.00849. The standard InChI is InChI=1S/C13H23N3O3/c17-12-4-2-1-3-11(15-12)13(18)14-5-6-16-7-9-19-10-8-16/h11H,1-10H2,(H,14,18)(H,15,17)/t11-/m0/s1. The Balaban J connectivity index is 1.66. The molecule has 2 amide bonds. The molecule has 0 bridgehead atoms. The molecule has 2 aliphatic rings. The molecule has 6 nitrogen and oxygen atoms in total. The predicted octanol–water partition coefficient (Wildman–Crippen LogP) is -0.506. The highest BCUT2D eigenvalue weighted by Gasteiger charge is 2.22. The number of hydrogen-bond donors (Lipinski definition) is 2. The van der Waals surface area contributed by atoms with Crippen LogP contribution in [0.5, 0.6) is 0 Å². The predicted molar refractivity (Wildman–Crippen MR) is 70.7 cm³/mol. The van der Waals surface area contributed by atoms with Gasteiger partial charge in [0.2, 0.25) is 11.8 Å². The van der Waals surface area contributed by atoms with Gasteiger partial charge in [-0.3, -0.25) is 14.5 Å². The number of nitrogens with zero attached hydrogens (tertiary/aromatic N) is 1. The first kappa shape index (κ1) is 14.3. The Labute approximate surface area is 113 Å². The molecule has 2 heterocycles. The summed E-state index contributed by atoms with van der Waals surface area (Å²) in [6.07, 6.45) is 3.09. The molecule has 108 valence electrons. The zero-order chi connectivity index (χ0) is 13.5. The normalized spacial score (nSPS) is 25.5. The average molecular weight is 269 g/mol. The van der Waals surface area contributed by atoms with Gasteiger partial charge >= 0.3 is 0 Å². The average Bonchev–Trinajstić information content (AvgIpc) is 2.64. The number of morpholine rings is 1. The van der Waals surface area contributed by atoms with E-state index in [2.05, 4.69) is 15.5 Å². The summed E-state index contributed by atoms with van der Waals surface area (Å²) >= 11 is 0. The summed E-state index contributed by atoms with van der Waals surface area (Å²) in [5.74, 6) is -0.0608. The van der Waals surface area contributed by atoms with E-state index in [1.54, 1.807) is 0 Å². The zero-order valence-electron chi connectivity index (χ0n) is 11.3. The summed E-state index contributed by atoms with van der Waals surface area (Å²) in [5, 5.41) is 5.69. The number of carbonyl (C=O) groups is 2. The lowest BCUT2D eigenvalue weighted by Gasteiger charge is -2.26. The zero-order valence-corrected chi connectivity index (χ0v) is 11.3. The van der Waals surface area contributed by atoms with E-state index in [1.807, 2.05) is 0 Å². The number of hydrogen-bond acceptors (Lipinski definition) is 4. The van der Waals surface area contributed by atoms with E-state index in [1.165, 1.54) is 0 Å². The number of rotatable bonds is 4. The van der Waals surface area contributed by atoms with Gasteiger partial charge in [0.15, 0.2) is 0 Å². The third-order valence-corrected chi connectivity index (χ3v) is 3.63. The Hall–Kier alpha value is -1.14. The van der Waals surface area contributed by atoms with Crippen LogP contribution in [0.3, 0.4) is 0 Å². The largest absolute Gasteiger partial charge is 0.379 e. The van der Waals surface area contributed by atoms with Gasteiger partial charge in [-0.05, 0) is 12.8 Å². The number of amides is 2. The fourth-order valence-corrected chi connectivity index (χ4v) is 2.45. The van der Waals surface area contributed by atoms with Crippen molar-refractivity contribution in [1.29, 1.82) is 0 Å². The second kappa shape index (κ2) is 7.45. The molecule has 0 unspecified atom stereocenters. The minimum Gasteiger partial charge on any atom is -0.379 e. The Morgan fingerprint density at radius 1 is 1.37 bits per heavy atom. The molecule has 0 aromatic heterocycles. The Morgan fingerprint density at radius 3 is 2.95 bits per heavy atom. The molecule has 2 rings (SSSR count). The Morgan fingerprint density at radius 2 is 2.16 bits per heavy atom. The first-order valence-electron chi connectivity index (χ1n) is 7.13. The maximum Gasteiger partial charge on any atom is 0.242 e. The second-order valence-electron chi connectivity index (χ2n) is 5.11. The Kier molecular flexibility index (Phi) is 5.60. The summed E-state index contributed by atoms with van der Waals surface area (Å²) in [4.78, 5) is 25.6. The summed E-state index contributed by atoms with van der Waals surface area (Å²) in [5.41, 5.74) is 0. The molecule has 6 heteroatoms. The lowest BCUT2D eigenvalue weighted by molar-refractivity contribution is -0.128. The van der Waals surface area contributed by atoms with E-state index in [9.17, 15) is 9.59 Å². The molecule has 0 radical (unpaired) electrons. The van der Waals surface area contributed by atoms with Crippen LogP contribution in [0.1, 0.15) is 25.7 Å². The monoisotopic (exact) mass is 269 g/mol. The van der Waals surface area contributed by atoms with Gasteiger partial charge in [-0.15, -0.1) is 0 Å². The van der Waals surface area contributed by atoms with Crippen LogP contribution < -0.4 is 10.6 Å². The SMILES string of the molecule is O=C1CCCC[C@@H](C(=O)NCCN2CCOCC2)N1. The van der Waals surface area contributed by atoms with Crippen molar-refractivity contribution in [1.82, 2.24) is 15.5 Å². The van der Waals surface area contributed by atoms with E-state index in [-0.39, 0.29) is 17.9 Å². The van der Waals surface area contributed by atoms with Crippen LogP contribution in [-0.2, 0) is 14.3 Å². The van der Waals surface area contributed by atoms with Crippen molar-refractivity contribution in [3.8, 4) is 0 Å². The molecule has 1 atom stereocenters. The highest BCUT2D eigenvalue weighted by atomic mass is 16.5. The van der Waals surface area contributed by atoms with Crippen LogP contribution >= 0.6 is 0 Å². The highest BCUT2D eigenvalue weighted by Crippen LogP contribution is 2.09. The summed E-state index contributed by atoms with van der Waals surface area (Å²) in [7, 11) is 0. The van der Waals surface area contributed by atoms with Crippen molar-refractivity contribution >= 4 is 11.8 Å². The lowest BCUT2D eigenvalue weighted by atomic mass is 10.1. The van der Waals surface area contributed by atoms with Gasteiger partial charge in [0.25, 0.3) is 0 Å². The van der Waals surface area contributed by atoms with E-state index in [4.69, 9.17) is 4.74 Å². The molecule has 2 aliphatic heterocycles. The van der Waals surface area contributed by atoms with E-state index in [0.29, 0.717) is 13.0 Å². The molecule has 0 spiro atoms. The van der Waals surface area contributed by atoms with Crippen molar-refractivity contribution in [2.45, 2.75) is 31.7 Å². The van der Waals surface area contributed by atoms with Crippen molar-refractivity contribution in [3.05, 3.63) is 0 Å². The Bertz CT molecular complexity index is 316. The molecule has 0 aliphatic carbocycles. The van der Waals surface area contributed by atoms with Crippen LogP contribution in [0.25, 0.3) is 0 Å². The molecule has 2 fully saturated rings. The number of ether oxygens (including phenoxy) is 1. The molecule has 0 saturated carbocycles. The van der Waals surface area contributed by atoms with Gasteiger partial charge in [0.05, 0.1) is 13.2 Å². The minimum atomic E-state index is -0.348. The van der Waals surface area contributed by atoms with Gasteiger partial charge in [0, 0.05) is 32.6 Å². The summed E-state index contributed by atoms with van der Waals surface area (Å²) in [6.45, 7) is 4.87. The first-order valence-corrected chi connectivity index (χ1v) is 7.13. The second-order valence-corrected chi connectivity index (χ2v) is 5.11. The number of nitrogens with one attached hydrogen (secondary N) is 2. The molecule has 0 aromatic rings. The van der Waals surface area contributed by atoms with Gasteiger partial charge in [-0.2, -0.15) is 0 Å². The van der Waals surface area contributed by atoms with Crippen LogP contribution in [-0.4, -0.2) is 62.1 Å².